The average Bonchev–Trinajstić information content (AvgIpc) is 2.49. The van der Waals surface area contributed by atoms with Gasteiger partial charge in [-0.15, -0.1) is 0 Å². The first-order chi connectivity index (χ1) is 10.1. The van der Waals surface area contributed by atoms with Gasteiger partial charge >= 0.3 is 0 Å². The standard InChI is InChI=1S/C18H25NO2/c1-5-14(3)19(6-2)18(21)17-12-9-11-16(15(17)4)10-7-8-13-20/h9,11-12,14,20H,5-6,8,13H2,1-4H3. The third kappa shape index (κ3) is 4.34. The van der Waals surface area contributed by atoms with Gasteiger partial charge in [-0.1, -0.05) is 24.8 Å². The van der Waals surface area contributed by atoms with Crippen LogP contribution in [-0.4, -0.2) is 35.1 Å². The molecule has 1 rings (SSSR count). The number of aliphatic hydroxyl groups excluding tert-OH is 1. The molecule has 0 aliphatic heterocycles. The Morgan fingerprint density at radius 3 is 2.67 bits per heavy atom. The number of carbonyl (C=O) groups excluding carboxylic acids is 1. The van der Waals surface area contributed by atoms with Crippen molar-refractivity contribution in [2.45, 2.75) is 46.6 Å². The van der Waals surface area contributed by atoms with Gasteiger partial charge in [-0.25, -0.2) is 0 Å². The van der Waals surface area contributed by atoms with Crippen LogP contribution in [0.4, 0.5) is 0 Å². The van der Waals surface area contributed by atoms with Crippen molar-refractivity contribution in [3.63, 3.8) is 0 Å². The zero-order chi connectivity index (χ0) is 15.8. The first-order valence-corrected chi connectivity index (χ1v) is 7.57. The minimum absolute atomic E-state index is 0.0578. The van der Waals surface area contributed by atoms with E-state index in [-0.39, 0.29) is 18.6 Å². The van der Waals surface area contributed by atoms with Gasteiger partial charge in [-0.2, -0.15) is 0 Å². The molecular formula is C18H25NO2. The maximum atomic E-state index is 12.7. The fourth-order valence-corrected chi connectivity index (χ4v) is 2.25. The van der Waals surface area contributed by atoms with Crippen LogP contribution in [0.5, 0.6) is 0 Å². The molecule has 0 aromatic heterocycles. The van der Waals surface area contributed by atoms with E-state index < -0.39 is 0 Å². The van der Waals surface area contributed by atoms with Crippen molar-refractivity contribution in [3.8, 4) is 11.8 Å². The second-order valence-corrected chi connectivity index (χ2v) is 5.10. The zero-order valence-electron chi connectivity index (χ0n) is 13.4. The largest absolute Gasteiger partial charge is 0.395 e. The van der Waals surface area contributed by atoms with Crippen molar-refractivity contribution in [1.29, 1.82) is 0 Å². The fourth-order valence-electron chi connectivity index (χ4n) is 2.25. The molecule has 0 saturated heterocycles. The second-order valence-electron chi connectivity index (χ2n) is 5.10. The Bertz CT molecular complexity index is 540. The molecule has 1 unspecified atom stereocenters. The van der Waals surface area contributed by atoms with Crippen LogP contribution in [0.1, 0.15) is 55.1 Å². The molecule has 1 aromatic carbocycles. The van der Waals surface area contributed by atoms with E-state index >= 15 is 0 Å². The van der Waals surface area contributed by atoms with E-state index in [9.17, 15) is 4.79 Å². The monoisotopic (exact) mass is 287 g/mol. The van der Waals surface area contributed by atoms with Crippen LogP contribution in [0.3, 0.4) is 0 Å². The van der Waals surface area contributed by atoms with Gasteiger partial charge in [0, 0.05) is 30.1 Å². The lowest BCUT2D eigenvalue weighted by molar-refractivity contribution is 0.0699. The van der Waals surface area contributed by atoms with Gasteiger partial charge in [0.1, 0.15) is 0 Å². The molecule has 1 amide bonds. The van der Waals surface area contributed by atoms with Crippen molar-refractivity contribution in [2.75, 3.05) is 13.2 Å². The summed E-state index contributed by atoms with van der Waals surface area (Å²) in [6, 6.07) is 5.87. The Labute approximate surface area is 128 Å². The second kappa shape index (κ2) is 8.49. The highest BCUT2D eigenvalue weighted by atomic mass is 16.2. The molecule has 0 spiro atoms. The van der Waals surface area contributed by atoms with Crippen molar-refractivity contribution in [1.82, 2.24) is 4.90 Å². The first kappa shape index (κ1) is 17.3. The summed E-state index contributed by atoms with van der Waals surface area (Å²) in [5.41, 5.74) is 2.48. The van der Waals surface area contributed by atoms with Crippen LogP contribution >= 0.6 is 0 Å². The number of amides is 1. The van der Waals surface area contributed by atoms with Gasteiger partial charge in [0.05, 0.1) is 6.61 Å². The Morgan fingerprint density at radius 2 is 2.10 bits per heavy atom. The molecule has 0 fully saturated rings. The molecule has 3 nitrogen and oxygen atoms in total. The van der Waals surface area contributed by atoms with Crippen molar-refractivity contribution in [2.24, 2.45) is 0 Å². The lowest BCUT2D eigenvalue weighted by atomic mass is 10.0. The van der Waals surface area contributed by atoms with Gasteiger partial charge in [0.2, 0.25) is 0 Å². The maximum Gasteiger partial charge on any atom is 0.254 e. The molecule has 0 radical (unpaired) electrons. The van der Waals surface area contributed by atoms with Crippen LogP contribution in [0.15, 0.2) is 18.2 Å². The molecule has 1 aromatic rings. The number of nitrogens with zero attached hydrogens (tertiary/aromatic N) is 1. The smallest absolute Gasteiger partial charge is 0.254 e. The Hall–Kier alpha value is -1.79. The summed E-state index contributed by atoms with van der Waals surface area (Å²) in [6.07, 6.45) is 1.39. The average molecular weight is 287 g/mol. The molecule has 1 atom stereocenters. The first-order valence-electron chi connectivity index (χ1n) is 7.57. The van der Waals surface area contributed by atoms with E-state index in [0.29, 0.717) is 18.5 Å². The zero-order valence-corrected chi connectivity index (χ0v) is 13.4. The van der Waals surface area contributed by atoms with E-state index in [2.05, 4.69) is 25.7 Å². The van der Waals surface area contributed by atoms with Gasteiger partial charge in [0.25, 0.3) is 5.91 Å². The fraction of sp³-hybridized carbons (Fsp3) is 0.500. The van der Waals surface area contributed by atoms with Crippen LogP contribution in [0, 0.1) is 18.8 Å². The van der Waals surface area contributed by atoms with Crippen molar-refractivity contribution >= 4 is 5.91 Å². The summed E-state index contributed by atoms with van der Waals surface area (Å²) in [5, 5.41) is 8.79. The number of aliphatic hydroxyl groups is 1. The number of rotatable bonds is 5. The normalized spacial score (nSPS) is 11.5. The highest BCUT2D eigenvalue weighted by Crippen LogP contribution is 2.17. The number of carbonyl (C=O) groups is 1. The van der Waals surface area contributed by atoms with Crippen LogP contribution in [0.25, 0.3) is 0 Å². The summed E-state index contributed by atoms with van der Waals surface area (Å²) < 4.78 is 0. The lowest BCUT2D eigenvalue weighted by Gasteiger charge is -2.28. The minimum atomic E-state index is 0.0578. The SMILES string of the molecule is CCC(C)N(CC)C(=O)c1cccc(C#CCCO)c1C. The van der Waals surface area contributed by atoms with Crippen LogP contribution in [-0.2, 0) is 0 Å². The van der Waals surface area contributed by atoms with Gasteiger partial charge in [-0.05, 0) is 44.9 Å². The Balaban J connectivity index is 3.11. The third-order valence-corrected chi connectivity index (χ3v) is 3.75. The van der Waals surface area contributed by atoms with E-state index in [1.807, 2.05) is 36.9 Å². The summed E-state index contributed by atoms with van der Waals surface area (Å²) in [6.45, 7) is 8.85. The van der Waals surface area contributed by atoms with Crippen molar-refractivity contribution in [3.05, 3.63) is 34.9 Å². The predicted molar refractivity (Wildman–Crippen MR) is 86.2 cm³/mol. The van der Waals surface area contributed by atoms with Crippen LogP contribution < -0.4 is 0 Å². The summed E-state index contributed by atoms with van der Waals surface area (Å²) in [4.78, 5) is 14.6. The highest BCUT2D eigenvalue weighted by molar-refractivity contribution is 5.96. The molecule has 21 heavy (non-hydrogen) atoms. The molecule has 0 bridgehead atoms. The molecule has 0 saturated carbocycles. The quantitative estimate of drug-likeness (QED) is 0.846. The topological polar surface area (TPSA) is 40.5 Å². The molecule has 0 aliphatic rings. The molecule has 114 valence electrons. The summed E-state index contributed by atoms with van der Waals surface area (Å²) >= 11 is 0. The van der Waals surface area contributed by atoms with Gasteiger partial charge < -0.3 is 10.0 Å². The van der Waals surface area contributed by atoms with Gasteiger partial charge in [-0.3, -0.25) is 4.79 Å². The molecular weight excluding hydrogens is 262 g/mol. The van der Waals surface area contributed by atoms with E-state index in [1.165, 1.54) is 0 Å². The summed E-state index contributed by atoms with van der Waals surface area (Å²) in [5.74, 6) is 6.00. The van der Waals surface area contributed by atoms with E-state index in [4.69, 9.17) is 5.11 Å². The van der Waals surface area contributed by atoms with Crippen molar-refractivity contribution < 1.29 is 9.90 Å². The predicted octanol–water partition coefficient (Wildman–Crippen LogP) is 2.99. The third-order valence-electron chi connectivity index (χ3n) is 3.75. The molecule has 0 heterocycles. The van der Waals surface area contributed by atoms with Gasteiger partial charge in [0.15, 0.2) is 0 Å². The lowest BCUT2D eigenvalue weighted by Crippen LogP contribution is -2.38. The maximum absolute atomic E-state index is 12.7. The van der Waals surface area contributed by atoms with Crippen LogP contribution in [0.2, 0.25) is 0 Å². The highest BCUT2D eigenvalue weighted by Gasteiger charge is 2.20. The molecule has 0 aliphatic carbocycles. The molecule has 1 N–H and O–H groups in total. The summed E-state index contributed by atoms with van der Waals surface area (Å²) in [7, 11) is 0. The minimum Gasteiger partial charge on any atom is -0.395 e. The number of benzene rings is 1. The number of hydrogen-bond acceptors (Lipinski definition) is 2. The van der Waals surface area contributed by atoms with E-state index in [0.717, 1.165) is 17.5 Å². The van der Waals surface area contributed by atoms with E-state index in [1.54, 1.807) is 0 Å². The Morgan fingerprint density at radius 1 is 1.38 bits per heavy atom. The Kier molecular flexibility index (Phi) is 6.98. The number of hydrogen-bond donors (Lipinski definition) is 1. The molecule has 3 heteroatoms.